The van der Waals surface area contributed by atoms with E-state index in [0.717, 1.165) is 23.3 Å². The summed E-state index contributed by atoms with van der Waals surface area (Å²) in [7, 11) is 0. The first kappa shape index (κ1) is 11.9. The first-order chi connectivity index (χ1) is 9.72. The highest BCUT2D eigenvalue weighted by atomic mass is 32.1. The maximum Gasteiger partial charge on any atom is 0.178 e. The van der Waals surface area contributed by atoms with E-state index in [2.05, 4.69) is 58.9 Å². The van der Waals surface area contributed by atoms with E-state index in [4.69, 9.17) is 12.2 Å². The number of rotatable bonds is 2. The van der Waals surface area contributed by atoms with E-state index in [1.807, 2.05) is 0 Å². The van der Waals surface area contributed by atoms with Gasteiger partial charge in [0.05, 0.1) is 11.0 Å². The summed E-state index contributed by atoms with van der Waals surface area (Å²) >= 11 is 5.49. The third kappa shape index (κ3) is 1.74. The summed E-state index contributed by atoms with van der Waals surface area (Å²) in [4.78, 5) is 3.31. The Morgan fingerprint density at radius 2 is 2.10 bits per heavy atom. The highest BCUT2D eigenvalue weighted by Gasteiger charge is 2.26. The summed E-state index contributed by atoms with van der Waals surface area (Å²) in [6.45, 7) is 3.10. The average Bonchev–Trinajstić information content (AvgIpc) is 2.72. The van der Waals surface area contributed by atoms with Gasteiger partial charge in [-0.2, -0.15) is 0 Å². The Hall–Kier alpha value is -1.87. The maximum atomic E-state index is 5.49. The van der Waals surface area contributed by atoms with E-state index >= 15 is 0 Å². The summed E-state index contributed by atoms with van der Waals surface area (Å²) in [6.07, 6.45) is 1.16. The summed E-state index contributed by atoms with van der Waals surface area (Å²) in [5.74, 6) is 0.595. The molecule has 0 amide bonds. The molecular formula is C17H16N2S. The summed E-state index contributed by atoms with van der Waals surface area (Å²) in [6, 6.07) is 15.2. The van der Waals surface area contributed by atoms with Crippen LogP contribution in [-0.4, -0.2) is 9.55 Å². The van der Waals surface area contributed by atoms with E-state index in [-0.39, 0.29) is 0 Å². The van der Waals surface area contributed by atoms with Gasteiger partial charge in [-0.05, 0) is 54.4 Å². The Morgan fingerprint density at radius 1 is 1.25 bits per heavy atom. The summed E-state index contributed by atoms with van der Waals surface area (Å²) in [5.41, 5.74) is 6.60. The van der Waals surface area contributed by atoms with Gasteiger partial charge in [0.25, 0.3) is 0 Å². The number of nitrogens with zero attached hydrogens (tertiary/aromatic N) is 1. The molecule has 20 heavy (non-hydrogen) atoms. The second-order valence-electron chi connectivity index (χ2n) is 5.66. The maximum absolute atomic E-state index is 5.49. The van der Waals surface area contributed by atoms with Gasteiger partial charge in [-0.3, -0.25) is 0 Å². The van der Waals surface area contributed by atoms with Crippen LogP contribution in [0.4, 0.5) is 0 Å². The molecule has 3 aromatic rings. The molecule has 0 aliphatic heterocycles. The second kappa shape index (κ2) is 4.32. The largest absolute Gasteiger partial charge is 0.331 e. The van der Waals surface area contributed by atoms with E-state index in [1.54, 1.807) is 0 Å². The average molecular weight is 280 g/mol. The van der Waals surface area contributed by atoms with Crippen molar-refractivity contribution in [1.29, 1.82) is 0 Å². The Morgan fingerprint density at radius 3 is 2.95 bits per heavy atom. The van der Waals surface area contributed by atoms with Gasteiger partial charge < -0.3 is 9.55 Å². The van der Waals surface area contributed by atoms with Crippen LogP contribution in [0.1, 0.15) is 22.6 Å². The number of nitrogens with one attached hydrogen (secondary N) is 1. The Balaban J connectivity index is 1.75. The van der Waals surface area contributed by atoms with Crippen molar-refractivity contribution in [1.82, 2.24) is 9.55 Å². The quantitative estimate of drug-likeness (QED) is 0.692. The number of aryl methyl sites for hydroxylation is 1. The van der Waals surface area contributed by atoms with E-state index in [0.29, 0.717) is 5.92 Å². The zero-order valence-corrected chi connectivity index (χ0v) is 12.2. The normalized spacial score (nSPS) is 16.9. The fourth-order valence-electron chi connectivity index (χ4n) is 3.19. The number of imidazole rings is 1. The molecule has 4 rings (SSSR count). The zero-order valence-electron chi connectivity index (χ0n) is 11.4. The first-order valence-electron chi connectivity index (χ1n) is 6.99. The molecule has 0 saturated carbocycles. The number of benzene rings is 2. The van der Waals surface area contributed by atoms with Gasteiger partial charge in [-0.1, -0.05) is 30.3 Å². The van der Waals surface area contributed by atoms with Crippen LogP contribution in [0.25, 0.3) is 11.0 Å². The highest BCUT2D eigenvalue weighted by Crippen LogP contribution is 2.36. The van der Waals surface area contributed by atoms with Gasteiger partial charge in [0.2, 0.25) is 0 Å². The Kier molecular flexibility index (Phi) is 2.57. The third-order valence-corrected chi connectivity index (χ3v) is 4.62. The second-order valence-corrected chi connectivity index (χ2v) is 6.05. The lowest BCUT2D eigenvalue weighted by Gasteiger charge is -2.30. The minimum absolute atomic E-state index is 0.595. The number of aromatic amines is 1. The van der Waals surface area contributed by atoms with E-state index < -0.39 is 0 Å². The molecule has 1 heterocycles. The lowest BCUT2D eigenvalue weighted by Crippen LogP contribution is -2.21. The van der Waals surface area contributed by atoms with Crippen molar-refractivity contribution in [3.05, 3.63) is 63.9 Å². The number of hydrogen-bond donors (Lipinski definition) is 1. The molecule has 3 heteroatoms. The van der Waals surface area contributed by atoms with Crippen LogP contribution in [-0.2, 0) is 13.0 Å². The molecule has 1 unspecified atom stereocenters. The number of H-pyrrole nitrogens is 1. The van der Waals surface area contributed by atoms with Gasteiger partial charge in [0, 0.05) is 12.5 Å². The van der Waals surface area contributed by atoms with E-state index in [1.165, 1.54) is 22.2 Å². The van der Waals surface area contributed by atoms with E-state index in [9.17, 15) is 0 Å². The van der Waals surface area contributed by atoms with Crippen molar-refractivity contribution in [3.63, 3.8) is 0 Å². The summed E-state index contributed by atoms with van der Waals surface area (Å²) in [5, 5.41) is 0. The standard InChI is InChI=1S/C17H16N2S/c1-11-6-7-15-16(8-11)19(17(20)18-15)10-13-9-12-4-2-3-5-14(12)13/h2-8,13H,9-10H2,1H3,(H,18,20). The number of aromatic nitrogens is 2. The molecule has 2 aromatic carbocycles. The highest BCUT2D eigenvalue weighted by molar-refractivity contribution is 7.71. The number of hydrogen-bond acceptors (Lipinski definition) is 1. The van der Waals surface area contributed by atoms with Crippen molar-refractivity contribution in [2.24, 2.45) is 0 Å². The first-order valence-corrected chi connectivity index (χ1v) is 7.40. The van der Waals surface area contributed by atoms with Gasteiger partial charge in [-0.25, -0.2) is 0 Å². The van der Waals surface area contributed by atoms with Crippen molar-refractivity contribution in [3.8, 4) is 0 Å². The summed E-state index contributed by atoms with van der Waals surface area (Å²) < 4.78 is 3.08. The molecule has 0 radical (unpaired) electrons. The number of fused-ring (bicyclic) bond motifs is 2. The third-order valence-electron chi connectivity index (χ3n) is 4.29. The molecule has 1 aliphatic rings. The van der Waals surface area contributed by atoms with Crippen LogP contribution in [0.2, 0.25) is 0 Å². The monoisotopic (exact) mass is 280 g/mol. The lowest BCUT2D eigenvalue weighted by atomic mass is 9.77. The molecule has 0 bridgehead atoms. The predicted molar refractivity (Wildman–Crippen MR) is 84.7 cm³/mol. The molecule has 1 atom stereocenters. The molecule has 2 nitrogen and oxygen atoms in total. The van der Waals surface area contributed by atoms with Crippen LogP contribution in [0.5, 0.6) is 0 Å². The molecule has 100 valence electrons. The van der Waals surface area contributed by atoms with Gasteiger partial charge >= 0.3 is 0 Å². The molecule has 1 N–H and O–H groups in total. The topological polar surface area (TPSA) is 20.7 Å². The van der Waals surface area contributed by atoms with Gasteiger partial charge in [0.1, 0.15) is 0 Å². The smallest absolute Gasteiger partial charge is 0.178 e. The molecular weight excluding hydrogens is 264 g/mol. The van der Waals surface area contributed by atoms with Crippen LogP contribution in [0.3, 0.4) is 0 Å². The molecule has 1 aliphatic carbocycles. The van der Waals surface area contributed by atoms with Gasteiger partial charge in [0.15, 0.2) is 4.77 Å². The molecule has 1 aromatic heterocycles. The van der Waals surface area contributed by atoms with Crippen LogP contribution in [0.15, 0.2) is 42.5 Å². The van der Waals surface area contributed by atoms with Crippen molar-refractivity contribution in [2.75, 3.05) is 0 Å². The minimum Gasteiger partial charge on any atom is -0.331 e. The van der Waals surface area contributed by atoms with Crippen molar-refractivity contribution >= 4 is 23.3 Å². The van der Waals surface area contributed by atoms with Crippen LogP contribution >= 0.6 is 12.2 Å². The van der Waals surface area contributed by atoms with Crippen LogP contribution < -0.4 is 0 Å². The molecule has 0 saturated heterocycles. The lowest BCUT2D eigenvalue weighted by molar-refractivity contribution is 0.513. The van der Waals surface area contributed by atoms with Crippen molar-refractivity contribution < 1.29 is 0 Å². The minimum atomic E-state index is 0.595. The fourth-order valence-corrected chi connectivity index (χ4v) is 3.47. The fraction of sp³-hybridized carbons (Fsp3) is 0.235. The van der Waals surface area contributed by atoms with Crippen LogP contribution in [0, 0.1) is 11.7 Å². The zero-order chi connectivity index (χ0) is 13.7. The molecule has 0 fully saturated rings. The predicted octanol–water partition coefficient (Wildman–Crippen LogP) is 4.35. The Bertz CT molecular complexity index is 857. The Labute approximate surface area is 123 Å². The van der Waals surface area contributed by atoms with Gasteiger partial charge in [-0.15, -0.1) is 0 Å². The SMILES string of the molecule is Cc1ccc2[nH]c(=S)n(CC3Cc4ccccc43)c2c1. The molecule has 0 spiro atoms. The van der Waals surface area contributed by atoms with Crippen molar-refractivity contribution in [2.45, 2.75) is 25.8 Å².